The second-order valence-corrected chi connectivity index (χ2v) is 8.34. The van der Waals surface area contributed by atoms with E-state index in [1.54, 1.807) is 7.11 Å². The number of rotatable bonds is 6. The van der Waals surface area contributed by atoms with Crippen LogP contribution in [0.3, 0.4) is 0 Å². The standard InChI is InChI=1S/C26H30N2O3/c1-19-15-28(17-25(31-19)21-7-5-4-6-8-21)18-26(29)27(2)16-20-9-10-23-14-24(30-3)12-11-22(23)13-20/h4-14,19,25H,15-18H2,1-3H3. The van der Waals surface area contributed by atoms with Gasteiger partial charge in [-0.25, -0.2) is 0 Å². The van der Waals surface area contributed by atoms with Crippen molar-refractivity contribution < 1.29 is 14.3 Å². The van der Waals surface area contributed by atoms with Gasteiger partial charge >= 0.3 is 0 Å². The number of methoxy groups -OCH3 is 1. The molecule has 0 saturated carbocycles. The zero-order chi connectivity index (χ0) is 21.8. The number of fused-ring (bicyclic) bond motifs is 1. The molecule has 3 aromatic rings. The van der Waals surface area contributed by atoms with Crippen LogP contribution in [0.4, 0.5) is 0 Å². The van der Waals surface area contributed by atoms with Crippen LogP contribution in [-0.2, 0) is 16.1 Å². The molecule has 0 radical (unpaired) electrons. The topological polar surface area (TPSA) is 42.0 Å². The molecule has 2 atom stereocenters. The van der Waals surface area contributed by atoms with Gasteiger partial charge in [-0.3, -0.25) is 9.69 Å². The van der Waals surface area contributed by atoms with E-state index in [-0.39, 0.29) is 18.1 Å². The third-order valence-corrected chi connectivity index (χ3v) is 5.82. The molecule has 1 aliphatic heterocycles. The molecule has 0 spiro atoms. The second-order valence-electron chi connectivity index (χ2n) is 8.34. The van der Waals surface area contributed by atoms with E-state index in [0.717, 1.165) is 40.7 Å². The minimum Gasteiger partial charge on any atom is -0.497 e. The number of amides is 1. The Bertz CT molecular complexity index is 1040. The molecule has 1 fully saturated rings. The summed E-state index contributed by atoms with van der Waals surface area (Å²) >= 11 is 0. The van der Waals surface area contributed by atoms with Crippen molar-refractivity contribution >= 4 is 16.7 Å². The van der Waals surface area contributed by atoms with Gasteiger partial charge in [0.25, 0.3) is 0 Å². The third kappa shape index (κ3) is 5.24. The molecule has 3 aromatic carbocycles. The number of ether oxygens (including phenoxy) is 2. The quantitative estimate of drug-likeness (QED) is 0.600. The lowest BCUT2D eigenvalue weighted by atomic mass is 10.1. The first-order valence-corrected chi connectivity index (χ1v) is 10.8. The molecule has 1 saturated heterocycles. The van der Waals surface area contributed by atoms with Crippen molar-refractivity contribution in [3.05, 3.63) is 77.9 Å². The van der Waals surface area contributed by atoms with Crippen molar-refractivity contribution in [2.75, 3.05) is 33.8 Å². The van der Waals surface area contributed by atoms with Crippen LogP contribution in [0.5, 0.6) is 5.75 Å². The van der Waals surface area contributed by atoms with Crippen molar-refractivity contribution in [1.29, 1.82) is 0 Å². The Labute approximate surface area is 184 Å². The first kappa shape index (κ1) is 21.3. The van der Waals surface area contributed by atoms with Gasteiger partial charge < -0.3 is 14.4 Å². The van der Waals surface area contributed by atoms with Gasteiger partial charge in [-0.15, -0.1) is 0 Å². The van der Waals surface area contributed by atoms with Crippen LogP contribution in [0.25, 0.3) is 10.8 Å². The summed E-state index contributed by atoms with van der Waals surface area (Å²) in [6, 6.07) is 22.6. The number of benzene rings is 3. The lowest BCUT2D eigenvalue weighted by molar-refractivity contribution is -0.135. The fourth-order valence-electron chi connectivity index (χ4n) is 4.19. The molecule has 1 aliphatic rings. The Hall–Kier alpha value is -2.89. The minimum absolute atomic E-state index is 0.000496. The summed E-state index contributed by atoms with van der Waals surface area (Å²) in [5.74, 6) is 0.969. The summed E-state index contributed by atoms with van der Waals surface area (Å²) in [7, 11) is 3.55. The van der Waals surface area contributed by atoms with Crippen molar-refractivity contribution in [2.24, 2.45) is 0 Å². The van der Waals surface area contributed by atoms with Crippen molar-refractivity contribution in [3.8, 4) is 5.75 Å². The average Bonchev–Trinajstić information content (AvgIpc) is 2.78. The van der Waals surface area contributed by atoms with Gasteiger partial charge in [0, 0.05) is 26.7 Å². The highest BCUT2D eigenvalue weighted by molar-refractivity contribution is 5.84. The summed E-state index contributed by atoms with van der Waals surface area (Å²) in [5.41, 5.74) is 2.28. The number of carbonyl (C=O) groups is 1. The number of likely N-dealkylation sites (N-methyl/N-ethyl adjacent to an activating group) is 1. The average molecular weight is 419 g/mol. The highest BCUT2D eigenvalue weighted by Crippen LogP contribution is 2.25. The number of hydrogen-bond donors (Lipinski definition) is 0. The third-order valence-electron chi connectivity index (χ3n) is 5.82. The van der Waals surface area contributed by atoms with Gasteiger partial charge in [-0.1, -0.05) is 48.5 Å². The molecule has 31 heavy (non-hydrogen) atoms. The molecular weight excluding hydrogens is 388 g/mol. The lowest BCUT2D eigenvalue weighted by Gasteiger charge is -2.37. The minimum atomic E-state index is 0.000496. The zero-order valence-corrected chi connectivity index (χ0v) is 18.5. The SMILES string of the molecule is COc1ccc2cc(CN(C)C(=O)CN3CC(C)OC(c4ccccc4)C3)ccc2c1. The maximum Gasteiger partial charge on any atom is 0.236 e. The van der Waals surface area contributed by atoms with E-state index >= 15 is 0 Å². The number of hydrogen-bond acceptors (Lipinski definition) is 4. The highest BCUT2D eigenvalue weighted by atomic mass is 16.5. The van der Waals surface area contributed by atoms with Crippen molar-refractivity contribution in [3.63, 3.8) is 0 Å². The largest absolute Gasteiger partial charge is 0.497 e. The van der Waals surface area contributed by atoms with Gasteiger partial charge in [-0.2, -0.15) is 0 Å². The summed E-state index contributed by atoms with van der Waals surface area (Å²) in [5, 5.41) is 2.28. The van der Waals surface area contributed by atoms with E-state index in [2.05, 4.69) is 48.2 Å². The zero-order valence-electron chi connectivity index (χ0n) is 18.5. The molecule has 0 aromatic heterocycles. The van der Waals surface area contributed by atoms with Gasteiger partial charge in [0.05, 0.1) is 25.9 Å². The molecule has 2 unspecified atom stereocenters. The molecule has 4 rings (SSSR count). The Balaban J connectivity index is 1.38. The first-order valence-electron chi connectivity index (χ1n) is 10.8. The predicted octanol–water partition coefficient (Wildman–Crippen LogP) is 4.27. The van der Waals surface area contributed by atoms with E-state index in [0.29, 0.717) is 13.1 Å². The van der Waals surface area contributed by atoms with Crippen molar-refractivity contribution in [2.45, 2.75) is 25.7 Å². The van der Waals surface area contributed by atoms with E-state index in [1.807, 2.05) is 42.3 Å². The first-order chi connectivity index (χ1) is 15.0. The fourth-order valence-corrected chi connectivity index (χ4v) is 4.19. The highest BCUT2D eigenvalue weighted by Gasteiger charge is 2.28. The maximum absolute atomic E-state index is 12.9. The predicted molar refractivity (Wildman–Crippen MR) is 123 cm³/mol. The molecule has 5 heteroatoms. The number of nitrogens with zero attached hydrogens (tertiary/aromatic N) is 2. The lowest BCUT2D eigenvalue weighted by Crippen LogP contribution is -2.47. The molecule has 162 valence electrons. The Morgan fingerprint density at radius 1 is 1.06 bits per heavy atom. The smallest absolute Gasteiger partial charge is 0.236 e. The van der Waals surface area contributed by atoms with Crippen LogP contribution in [0.2, 0.25) is 0 Å². The van der Waals surface area contributed by atoms with E-state index in [9.17, 15) is 4.79 Å². The van der Waals surface area contributed by atoms with Crippen LogP contribution >= 0.6 is 0 Å². The Morgan fingerprint density at radius 3 is 2.58 bits per heavy atom. The van der Waals surface area contributed by atoms with Crippen LogP contribution < -0.4 is 4.74 Å². The van der Waals surface area contributed by atoms with Crippen LogP contribution in [-0.4, -0.2) is 55.6 Å². The summed E-state index contributed by atoms with van der Waals surface area (Å²) < 4.78 is 11.4. The van der Waals surface area contributed by atoms with Gasteiger partial charge in [0.1, 0.15) is 5.75 Å². The Morgan fingerprint density at radius 2 is 1.81 bits per heavy atom. The van der Waals surface area contributed by atoms with Crippen LogP contribution in [0.15, 0.2) is 66.7 Å². The summed E-state index contributed by atoms with van der Waals surface area (Å²) in [6.07, 6.45) is 0.0927. The molecule has 0 N–H and O–H groups in total. The summed E-state index contributed by atoms with van der Waals surface area (Å²) in [6.45, 7) is 4.55. The van der Waals surface area contributed by atoms with E-state index in [4.69, 9.17) is 9.47 Å². The second kappa shape index (κ2) is 9.50. The normalized spacial score (nSPS) is 19.3. The Kier molecular flexibility index (Phi) is 6.54. The fraction of sp³-hybridized carbons (Fsp3) is 0.346. The molecular formula is C26H30N2O3. The monoisotopic (exact) mass is 418 g/mol. The van der Waals surface area contributed by atoms with Crippen LogP contribution in [0, 0.1) is 0 Å². The van der Waals surface area contributed by atoms with Gasteiger partial charge in [0.2, 0.25) is 5.91 Å². The van der Waals surface area contributed by atoms with E-state index in [1.165, 1.54) is 0 Å². The number of morpholine rings is 1. The number of carbonyl (C=O) groups excluding carboxylic acids is 1. The molecule has 1 amide bonds. The summed E-state index contributed by atoms with van der Waals surface area (Å²) in [4.78, 5) is 17.0. The molecule has 0 bridgehead atoms. The molecule has 5 nitrogen and oxygen atoms in total. The molecule has 1 heterocycles. The maximum atomic E-state index is 12.9. The van der Waals surface area contributed by atoms with Crippen LogP contribution in [0.1, 0.15) is 24.2 Å². The van der Waals surface area contributed by atoms with Gasteiger partial charge in [0.15, 0.2) is 0 Å². The van der Waals surface area contributed by atoms with Crippen molar-refractivity contribution in [1.82, 2.24) is 9.80 Å². The van der Waals surface area contributed by atoms with E-state index < -0.39 is 0 Å². The molecule has 0 aliphatic carbocycles. The van der Waals surface area contributed by atoms with Gasteiger partial charge in [-0.05, 0) is 47.0 Å².